The highest BCUT2D eigenvalue weighted by Crippen LogP contribution is 2.46. The van der Waals surface area contributed by atoms with Crippen molar-refractivity contribution in [3.05, 3.63) is 46.3 Å². The SMILES string of the molecule is CCN(CC)C(=O)[C@]1(c2ccccc2)C[C@@H](N=[N+]=[N-])C1. The Balaban J connectivity index is 2.32. The van der Waals surface area contributed by atoms with Gasteiger partial charge in [-0.15, -0.1) is 0 Å². The van der Waals surface area contributed by atoms with Crippen LogP contribution in [0.3, 0.4) is 0 Å². The van der Waals surface area contributed by atoms with E-state index in [1.807, 2.05) is 49.1 Å². The summed E-state index contributed by atoms with van der Waals surface area (Å²) in [4.78, 5) is 17.6. The molecule has 0 saturated heterocycles. The molecule has 0 spiro atoms. The number of carbonyl (C=O) groups is 1. The van der Waals surface area contributed by atoms with E-state index < -0.39 is 5.41 Å². The van der Waals surface area contributed by atoms with Gasteiger partial charge in [-0.25, -0.2) is 0 Å². The van der Waals surface area contributed by atoms with Gasteiger partial charge in [0.1, 0.15) is 0 Å². The second kappa shape index (κ2) is 5.97. The van der Waals surface area contributed by atoms with E-state index in [4.69, 9.17) is 5.53 Å². The molecule has 1 aliphatic rings. The number of hydrogen-bond donors (Lipinski definition) is 0. The Hall–Kier alpha value is -2.00. The molecular weight excluding hydrogens is 252 g/mol. The van der Waals surface area contributed by atoms with Gasteiger partial charge in [0.15, 0.2) is 0 Å². The van der Waals surface area contributed by atoms with E-state index in [0.717, 1.165) is 5.56 Å². The van der Waals surface area contributed by atoms with Gasteiger partial charge in [0, 0.05) is 24.0 Å². The molecule has 0 N–H and O–H groups in total. The van der Waals surface area contributed by atoms with Gasteiger partial charge >= 0.3 is 0 Å². The van der Waals surface area contributed by atoms with Gasteiger partial charge in [-0.3, -0.25) is 4.79 Å². The molecular formula is C15H20N4O. The standard InChI is InChI=1S/C15H20N4O/c1-3-19(4-2)14(20)15(10-13(11-15)17-18-16)12-8-6-5-7-9-12/h5-9,13H,3-4,10-11H2,1-2H3/t13-,15-. The van der Waals surface area contributed by atoms with Crippen molar-refractivity contribution >= 4 is 5.91 Å². The molecule has 1 saturated carbocycles. The number of nitrogens with zero attached hydrogens (tertiary/aromatic N) is 4. The first-order chi connectivity index (χ1) is 9.67. The summed E-state index contributed by atoms with van der Waals surface area (Å²) < 4.78 is 0. The van der Waals surface area contributed by atoms with Crippen LogP contribution in [0.25, 0.3) is 10.4 Å². The Morgan fingerprint density at radius 1 is 1.35 bits per heavy atom. The molecule has 2 rings (SSSR count). The molecule has 5 heteroatoms. The predicted molar refractivity (Wildman–Crippen MR) is 78.2 cm³/mol. The Bertz CT molecular complexity index is 512. The minimum atomic E-state index is -0.508. The van der Waals surface area contributed by atoms with Crippen LogP contribution in [-0.4, -0.2) is 29.9 Å². The van der Waals surface area contributed by atoms with Crippen molar-refractivity contribution in [1.29, 1.82) is 0 Å². The monoisotopic (exact) mass is 272 g/mol. The number of benzene rings is 1. The topological polar surface area (TPSA) is 69.1 Å². The lowest BCUT2D eigenvalue weighted by Gasteiger charge is -2.47. The first kappa shape index (κ1) is 14.4. The van der Waals surface area contributed by atoms with E-state index in [9.17, 15) is 4.79 Å². The third kappa shape index (κ3) is 2.37. The molecule has 1 aromatic carbocycles. The molecule has 1 fully saturated rings. The summed E-state index contributed by atoms with van der Waals surface area (Å²) in [6.45, 7) is 5.39. The first-order valence-corrected chi connectivity index (χ1v) is 7.07. The predicted octanol–water partition coefficient (Wildman–Crippen LogP) is 3.27. The summed E-state index contributed by atoms with van der Waals surface area (Å²) in [5.74, 6) is 0.151. The van der Waals surface area contributed by atoms with Gasteiger partial charge in [0.2, 0.25) is 5.91 Å². The van der Waals surface area contributed by atoms with Crippen LogP contribution in [-0.2, 0) is 10.2 Å². The summed E-state index contributed by atoms with van der Waals surface area (Å²) in [5, 5.41) is 3.75. The largest absolute Gasteiger partial charge is 0.342 e. The van der Waals surface area contributed by atoms with Crippen LogP contribution in [0, 0.1) is 0 Å². The summed E-state index contributed by atoms with van der Waals surface area (Å²) in [7, 11) is 0. The van der Waals surface area contributed by atoms with Gasteiger partial charge in [-0.1, -0.05) is 35.4 Å². The number of rotatable bonds is 5. The lowest BCUT2D eigenvalue weighted by atomic mass is 9.61. The lowest BCUT2D eigenvalue weighted by molar-refractivity contribution is -0.141. The molecule has 106 valence electrons. The summed E-state index contributed by atoms with van der Waals surface area (Å²) in [6, 6.07) is 9.77. The first-order valence-electron chi connectivity index (χ1n) is 7.07. The smallest absolute Gasteiger partial charge is 0.233 e. The van der Waals surface area contributed by atoms with Crippen molar-refractivity contribution in [2.24, 2.45) is 5.11 Å². The highest BCUT2D eigenvalue weighted by atomic mass is 16.2. The number of likely N-dealkylation sites (N-methyl/N-ethyl adjacent to an activating group) is 1. The molecule has 20 heavy (non-hydrogen) atoms. The normalized spacial score (nSPS) is 24.4. The molecule has 0 bridgehead atoms. The van der Waals surface area contributed by atoms with Gasteiger partial charge in [-0.05, 0) is 37.8 Å². The van der Waals surface area contributed by atoms with E-state index in [1.54, 1.807) is 0 Å². The van der Waals surface area contributed by atoms with Crippen LogP contribution in [0.15, 0.2) is 35.4 Å². The number of hydrogen-bond acceptors (Lipinski definition) is 2. The third-order valence-electron chi connectivity index (χ3n) is 4.17. The van der Waals surface area contributed by atoms with Gasteiger partial charge in [-0.2, -0.15) is 0 Å². The Morgan fingerprint density at radius 3 is 2.45 bits per heavy atom. The summed E-state index contributed by atoms with van der Waals surface area (Å²) in [5.41, 5.74) is 9.07. The molecule has 0 aromatic heterocycles. The van der Waals surface area contributed by atoms with E-state index in [0.29, 0.717) is 25.9 Å². The van der Waals surface area contributed by atoms with Crippen LogP contribution >= 0.6 is 0 Å². The maximum atomic E-state index is 12.9. The second-order valence-electron chi connectivity index (χ2n) is 5.19. The van der Waals surface area contributed by atoms with E-state index in [-0.39, 0.29) is 11.9 Å². The molecule has 0 atom stereocenters. The van der Waals surface area contributed by atoms with Crippen molar-refractivity contribution in [3.63, 3.8) is 0 Å². The average molecular weight is 272 g/mol. The van der Waals surface area contributed by atoms with Gasteiger partial charge in [0.05, 0.1) is 5.41 Å². The second-order valence-corrected chi connectivity index (χ2v) is 5.19. The van der Waals surface area contributed by atoms with Crippen LogP contribution in [0.2, 0.25) is 0 Å². The summed E-state index contributed by atoms with van der Waals surface area (Å²) in [6.07, 6.45) is 1.22. The van der Waals surface area contributed by atoms with Crippen molar-refractivity contribution in [3.8, 4) is 0 Å². The van der Waals surface area contributed by atoms with Crippen molar-refractivity contribution in [2.75, 3.05) is 13.1 Å². The average Bonchev–Trinajstić information content (AvgIpc) is 2.44. The van der Waals surface area contributed by atoms with Crippen molar-refractivity contribution in [2.45, 2.75) is 38.1 Å². The number of carbonyl (C=O) groups excluding carboxylic acids is 1. The Labute approximate surface area is 119 Å². The molecule has 5 nitrogen and oxygen atoms in total. The highest BCUT2D eigenvalue weighted by molar-refractivity contribution is 5.89. The van der Waals surface area contributed by atoms with E-state index in [2.05, 4.69) is 10.0 Å². The van der Waals surface area contributed by atoms with E-state index in [1.165, 1.54) is 0 Å². The molecule has 0 radical (unpaired) electrons. The Kier molecular flexibility index (Phi) is 4.30. The maximum absolute atomic E-state index is 12.9. The van der Waals surface area contributed by atoms with Crippen LogP contribution in [0.1, 0.15) is 32.3 Å². The fourth-order valence-electron chi connectivity index (χ4n) is 3.00. The number of azide groups is 1. The highest BCUT2D eigenvalue weighted by Gasteiger charge is 2.52. The lowest BCUT2D eigenvalue weighted by Crippen LogP contribution is -2.55. The molecule has 0 aliphatic heterocycles. The minimum absolute atomic E-state index is 0.0697. The zero-order chi connectivity index (χ0) is 14.6. The van der Waals surface area contributed by atoms with Crippen molar-refractivity contribution < 1.29 is 4.79 Å². The Morgan fingerprint density at radius 2 is 1.95 bits per heavy atom. The van der Waals surface area contributed by atoms with Crippen LogP contribution in [0.5, 0.6) is 0 Å². The van der Waals surface area contributed by atoms with Gasteiger partial charge < -0.3 is 4.90 Å². The summed E-state index contributed by atoms with van der Waals surface area (Å²) >= 11 is 0. The molecule has 0 heterocycles. The molecule has 1 aromatic rings. The molecule has 0 unspecified atom stereocenters. The third-order valence-corrected chi connectivity index (χ3v) is 4.17. The molecule has 1 amide bonds. The zero-order valence-electron chi connectivity index (χ0n) is 12.0. The quantitative estimate of drug-likeness (QED) is 0.460. The van der Waals surface area contributed by atoms with E-state index >= 15 is 0 Å². The maximum Gasteiger partial charge on any atom is 0.233 e. The molecule has 1 aliphatic carbocycles. The van der Waals surface area contributed by atoms with Gasteiger partial charge in [0.25, 0.3) is 0 Å². The fraction of sp³-hybridized carbons (Fsp3) is 0.533. The zero-order valence-corrected chi connectivity index (χ0v) is 12.0. The number of amides is 1. The fourth-order valence-corrected chi connectivity index (χ4v) is 3.00. The van der Waals surface area contributed by atoms with Crippen LogP contribution < -0.4 is 0 Å². The van der Waals surface area contributed by atoms with Crippen LogP contribution in [0.4, 0.5) is 0 Å². The van der Waals surface area contributed by atoms with Crippen molar-refractivity contribution in [1.82, 2.24) is 4.90 Å². The minimum Gasteiger partial charge on any atom is -0.342 e.